The lowest BCUT2D eigenvalue weighted by Gasteiger charge is -2.30. The SMILES string of the molecule is Cc1ccc(-c2nn(-c3ccccc3)cc2C(=O)Nc2ccccc2N2CCOCC2)cc1. The fourth-order valence-electron chi connectivity index (χ4n) is 4.03. The zero-order chi connectivity index (χ0) is 22.6. The molecule has 0 radical (unpaired) electrons. The van der Waals surface area contributed by atoms with Crippen LogP contribution in [0, 0.1) is 6.92 Å². The van der Waals surface area contributed by atoms with Gasteiger partial charge in [-0.25, -0.2) is 4.68 Å². The van der Waals surface area contributed by atoms with Gasteiger partial charge in [0.25, 0.3) is 5.91 Å². The molecule has 0 spiro atoms. The second kappa shape index (κ2) is 9.30. The maximum Gasteiger partial charge on any atom is 0.259 e. The van der Waals surface area contributed by atoms with Gasteiger partial charge in [-0.3, -0.25) is 4.79 Å². The molecule has 1 amide bonds. The maximum atomic E-state index is 13.5. The van der Waals surface area contributed by atoms with Crippen LogP contribution in [0.15, 0.2) is 85.1 Å². The third-order valence-electron chi connectivity index (χ3n) is 5.81. The molecule has 1 saturated heterocycles. The number of hydrogen-bond donors (Lipinski definition) is 1. The van der Waals surface area contributed by atoms with Crippen LogP contribution in [0.25, 0.3) is 16.9 Å². The fourth-order valence-corrected chi connectivity index (χ4v) is 4.03. The first-order chi connectivity index (χ1) is 16.2. The van der Waals surface area contributed by atoms with E-state index < -0.39 is 0 Å². The van der Waals surface area contributed by atoms with Crippen LogP contribution in [0.5, 0.6) is 0 Å². The van der Waals surface area contributed by atoms with Crippen LogP contribution >= 0.6 is 0 Å². The van der Waals surface area contributed by atoms with Crippen molar-refractivity contribution in [2.75, 3.05) is 36.5 Å². The summed E-state index contributed by atoms with van der Waals surface area (Å²) in [4.78, 5) is 15.8. The van der Waals surface area contributed by atoms with Crippen LogP contribution in [0.2, 0.25) is 0 Å². The van der Waals surface area contributed by atoms with Crippen LogP contribution in [-0.2, 0) is 4.74 Å². The first kappa shape index (κ1) is 21.0. The van der Waals surface area contributed by atoms with E-state index >= 15 is 0 Å². The molecule has 1 aliphatic heterocycles. The van der Waals surface area contributed by atoms with E-state index in [9.17, 15) is 4.79 Å². The Morgan fingerprint density at radius 1 is 0.909 bits per heavy atom. The summed E-state index contributed by atoms with van der Waals surface area (Å²) in [6.07, 6.45) is 1.80. The minimum absolute atomic E-state index is 0.187. The van der Waals surface area contributed by atoms with Gasteiger partial charge < -0.3 is 15.0 Å². The third kappa shape index (κ3) is 4.52. The molecule has 0 unspecified atom stereocenters. The van der Waals surface area contributed by atoms with Gasteiger partial charge in [0.15, 0.2) is 0 Å². The largest absolute Gasteiger partial charge is 0.378 e. The first-order valence-corrected chi connectivity index (χ1v) is 11.1. The number of ether oxygens (including phenoxy) is 1. The lowest BCUT2D eigenvalue weighted by molar-refractivity contribution is 0.102. The number of hydrogen-bond acceptors (Lipinski definition) is 4. The number of para-hydroxylation sites is 3. The molecule has 0 saturated carbocycles. The van der Waals surface area contributed by atoms with Gasteiger partial charge in [0, 0.05) is 24.8 Å². The molecule has 33 heavy (non-hydrogen) atoms. The normalized spacial score (nSPS) is 13.7. The molecule has 1 aromatic heterocycles. The van der Waals surface area contributed by atoms with E-state index in [4.69, 9.17) is 9.84 Å². The summed E-state index contributed by atoms with van der Waals surface area (Å²) in [5, 5.41) is 7.92. The molecular formula is C27H26N4O2. The zero-order valence-corrected chi connectivity index (χ0v) is 18.6. The van der Waals surface area contributed by atoms with Crippen LogP contribution in [-0.4, -0.2) is 42.0 Å². The number of nitrogens with zero attached hydrogens (tertiary/aromatic N) is 3. The smallest absolute Gasteiger partial charge is 0.259 e. The molecular weight excluding hydrogens is 412 g/mol. The summed E-state index contributed by atoms with van der Waals surface area (Å²) < 4.78 is 7.25. The Morgan fingerprint density at radius 3 is 2.36 bits per heavy atom. The molecule has 3 aromatic carbocycles. The number of anilines is 2. The highest BCUT2D eigenvalue weighted by Crippen LogP contribution is 2.29. The van der Waals surface area contributed by atoms with E-state index in [2.05, 4.69) is 10.2 Å². The van der Waals surface area contributed by atoms with Crippen molar-refractivity contribution in [2.45, 2.75) is 6.92 Å². The molecule has 1 fully saturated rings. The van der Waals surface area contributed by atoms with E-state index in [1.165, 1.54) is 0 Å². The third-order valence-corrected chi connectivity index (χ3v) is 5.81. The number of morpholine rings is 1. The van der Waals surface area contributed by atoms with Crippen molar-refractivity contribution >= 4 is 17.3 Å². The number of amides is 1. The number of carbonyl (C=O) groups is 1. The Kier molecular flexibility index (Phi) is 5.91. The molecule has 6 nitrogen and oxygen atoms in total. The zero-order valence-electron chi connectivity index (χ0n) is 18.6. The Morgan fingerprint density at radius 2 is 1.61 bits per heavy atom. The molecule has 4 aromatic rings. The quantitative estimate of drug-likeness (QED) is 0.480. The second-order valence-electron chi connectivity index (χ2n) is 8.11. The van der Waals surface area contributed by atoms with E-state index in [1.807, 2.05) is 85.8 Å². The van der Waals surface area contributed by atoms with Gasteiger partial charge in [0.05, 0.1) is 35.8 Å². The summed E-state index contributed by atoms with van der Waals surface area (Å²) in [6.45, 7) is 5.01. The van der Waals surface area contributed by atoms with Gasteiger partial charge in [-0.1, -0.05) is 60.2 Å². The van der Waals surface area contributed by atoms with E-state index in [1.54, 1.807) is 10.9 Å². The summed E-state index contributed by atoms with van der Waals surface area (Å²) in [6, 6.07) is 25.8. The Hall–Kier alpha value is -3.90. The Balaban J connectivity index is 1.51. The van der Waals surface area contributed by atoms with E-state index in [0.29, 0.717) is 24.5 Å². The number of nitrogens with one attached hydrogen (secondary N) is 1. The number of rotatable bonds is 5. The number of benzene rings is 3. The monoisotopic (exact) mass is 438 g/mol. The number of aryl methyl sites for hydroxylation is 1. The summed E-state index contributed by atoms with van der Waals surface area (Å²) >= 11 is 0. The summed E-state index contributed by atoms with van der Waals surface area (Å²) in [5.74, 6) is -0.187. The Labute approximate surface area is 193 Å². The van der Waals surface area contributed by atoms with Crippen LogP contribution < -0.4 is 10.2 Å². The minimum atomic E-state index is -0.187. The van der Waals surface area contributed by atoms with E-state index in [-0.39, 0.29) is 5.91 Å². The van der Waals surface area contributed by atoms with Gasteiger partial charge in [0.1, 0.15) is 5.69 Å². The topological polar surface area (TPSA) is 59.4 Å². The fraction of sp³-hybridized carbons (Fsp3) is 0.185. The predicted octanol–water partition coefficient (Wildman–Crippen LogP) is 4.94. The molecule has 6 heteroatoms. The van der Waals surface area contributed by atoms with Crippen molar-refractivity contribution in [1.29, 1.82) is 0 Å². The highest BCUT2D eigenvalue weighted by atomic mass is 16.5. The standard InChI is InChI=1S/C27H26N4O2/c1-20-11-13-21(14-12-20)26-23(19-31(29-26)22-7-3-2-4-8-22)27(32)28-24-9-5-6-10-25(24)30-15-17-33-18-16-30/h2-14,19H,15-18H2,1H3,(H,28,32). The lowest BCUT2D eigenvalue weighted by Crippen LogP contribution is -2.36. The number of aromatic nitrogens is 2. The number of carbonyl (C=O) groups excluding carboxylic acids is 1. The van der Waals surface area contributed by atoms with Crippen LogP contribution in [0.4, 0.5) is 11.4 Å². The molecule has 2 heterocycles. The second-order valence-corrected chi connectivity index (χ2v) is 8.11. The van der Waals surface area contributed by atoms with Gasteiger partial charge in [-0.2, -0.15) is 5.10 Å². The summed E-state index contributed by atoms with van der Waals surface area (Å²) in [7, 11) is 0. The van der Waals surface area contributed by atoms with Crippen molar-refractivity contribution < 1.29 is 9.53 Å². The first-order valence-electron chi connectivity index (χ1n) is 11.1. The minimum Gasteiger partial charge on any atom is -0.378 e. The van der Waals surface area contributed by atoms with E-state index in [0.717, 1.165) is 41.3 Å². The predicted molar refractivity (Wildman–Crippen MR) is 131 cm³/mol. The average molecular weight is 439 g/mol. The molecule has 1 N–H and O–H groups in total. The molecule has 166 valence electrons. The molecule has 0 bridgehead atoms. The van der Waals surface area contributed by atoms with Crippen molar-refractivity contribution in [3.05, 3.63) is 96.2 Å². The Bertz CT molecular complexity index is 1240. The van der Waals surface area contributed by atoms with Crippen molar-refractivity contribution in [2.24, 2.45) is 0 Å². The molecule has 1 aliphatic rings. The molecule has 5 rings (SSSR count). The van der Waals surface area contributed by atoms with Gasteiger partial charge in [0.2, 0.25) is 0 Å². The van der Waals surface area contributed by atoms with Gasteiger partial charge in [-0.05, 0) is 31.2 Å². The summed E-state index contributed by atoms with van der Waals surface area (Å²) in [5.41, 5.74) is 5.93. The maximum absolute atomic E-state index is 13.5. The van der Waals surface area contributed by atoms with Gasteiger partial charge >= 0.3 is 0 Å². The van der Waals surface area contributed by atoms with Crippen LogP contribution in [0.3, 0.4) is 0 Å². The lowest BCUT2D eigenvalue weighted by atomic mass is 10.1. The molecule has 0 atom stereocenters. The van der Waals surface area contributed by atoms with Crippen molar-refractivity contribution in [3.8, 4) is 16.9 Å². The highest BCUT2D eigenvalue weighted by Gasteiger charge is 2.21. The van der Waals surface area contributed by atoms with Crippen molar-refractivity contribution in [3.63, 3.8) is 0 Å². The van der Waals surface area contributed by atoms with Crippen LogP contribution in [0.1, 0.15) is 15.9 Å². The van der Waals surface area contributed by atoms with Gasteiger partial charge in [-0.15, -0.1) is 0 Å². The van der Waals surface area contributed by atoms with Crippen molar-refractivity contribution in [1.82, 2.24) is 9.78 Å². The molecule has 0 aliphatic carbocycles. The average Bonchev–Trinajstić information content (AvgIpc) is 3.32. The highest BCUT2D eigenvalue weighted by molar-refractivity contribution is 6.09.